The van der Waals surface area contributed by atoms with E-state index in [-0.39, 0.29) is 11.7 Å². The van der Waals surface area contributed by atoms with Crippen LogP contribution in [0, 0.1) is 5.82 Å². The van der Waals surface area contributed by atoms with Gasteiger partial charge in [0.05, 0.1) is 11.2 Å². The van der Waals surface area contributed by atoms with Crippen LogP contribution in [-0.4, -0.2) is 50.4 Å². The zero-order valence-electron chi connectivity index (χ0n) is 14.0. The van der Waals surface area contributed by atoms with Crippen LogP contribution in [0.25, 0.3) is 22.4 Å². The Morgan fingerprint density at radius 3 is 3.08 bits per heavy atom. The lowest BCUT2D eigenvalue weighted by molar-refractivity contribution is -0.132. The lowest BCUT2D eigenvalue weighted by Gasteiger charge is -2.30. The number of halogens is 2. The number of hydrogen-bond acceptors (Lipinski definition) is 5. The number of hydrogen-bond donors (Lipinski definition) is 2. The molecule has 7 nitrogen and oxygen atoms in total. The van der Waals surface area contributed by atoms with Gasteiger partial charge in [0.25, 0.3) is 0 Å². The normalized spacial score (nSPS) is 17.7. The Labute approximate surface area is 153 Å². The molecule has 4 heterocycles. The van der Waals surface area contributed by atoms with Gasteiger partial charge in [0, 0.05) is 36.9 Å². The third kappa shape index (κ3) is 2.96. The zero-order valence-corrected chi connectivity index (χ0v) is 14.7. The Bertz CT molecular complexity index is 991. The minimum atomic E-state index is -0.606. The van der Waals surface area contributed by atoms with Gasteiger partial charge in [0.15, 0.2) is 17.5 Å². The molecule has 0 aliphatic carbocycles. The number of carbonyl (C=O) groups excluding carboxylic acids is 1. The van der Waals surface area contributed by atoms with Gasteiger partial charge in [-0.2, -0.15) is 0 Å². The second kappa shape index (κ2) is 6.53. The van der Waals surface area contributed by atoms with E-state index in [4.69, 9.17) is 11.6 Å². The van der Waals surface area contributed by atoms with E-state index in [0.717, 1.165) is 18.0 Å². The SMILES string of the molecule is CN1CCC[C@H](Nc2nc(-c3c[nH]c4ncc(Cl)cc34)ncc2F)C1=O. The first-order chi connectivity index (χ1) is 12.5. The van der Waals surface area contributed by atoms with Gasteiger partial charge in [-0.3, -0.25) is 4.79 Å². The number of amides is 1. The topological polar surface area (TPSA) is 86.8 Å². The molecule has 0 spiro atoms. The van der Waals surface area contributed by atoms with Crippen molar-refractivity contribution in [2.45, 2.75) is 18.9 Å². The first-order valence-electron chi connectivity index (χ1n) is 8.20. The molecular formula is C17H16ClFN6O. The van der Waals surface area contributed by atoms with Gasteiger partial charge in [-0.1, -0.05) is 11.6 Å². The van der Waals surface area contributed by atoms with Crippen LogP contribution in [0.3, 0.4) is 0 Å². The van der Waals surface area contributed by atoms with Crippen LogP contribution < -0.4 is 5.32 Å². The number of fused-ring (bicyclic) bond motifs is 1. The van der Waals surface area contributed by atoms with Crippen molar-refractivity contribution < 1.29 is 9.18 Å². The molecule has 0 bridgehead atoms. The Balaban J connectivity index is 1.70. The van der Waals surface area contributed by atoms with Crippen LogP contribution in [0.15, 0.2) is 24.7 Å². The van der Waals surface area contributed by atoms with E-state index in [1.165, 1.54) is 6.20 Å². The number of piperidine rings is 1. The van der Waals surface area contributed by atoms with Crippen LogP contribution in [-0.2, 0) is 4.79 Å². The summed E-state index contributed by atoms with van der Waals surface area (Å²) in [5, 5.41) is 4.14. The van der Waals surface area contributed by atoms with E-state index in [0.29, 0.717) is 35.0 Å². The fourth-order valence-electron chi connectivity index (χ4n) is 3.09. The van der Waals surface area contributed by atoms with Crippen LogP contribution in [0.5, 0.6) is 0 Å². The van der Waals surface area contributed by atoms with E-state index in [1.54, 1.807) is 24.2 Å². The van der Waals surface area contributed by atoms with E-state index in [9.17, 15) is 9.18 Å². The maximum Gasteiger partial charge on any atom is 0.244 e. The van der Waals surface area contributed by atoms with Crippen molar-refractivity contribution in [2.24, 2.45) is 0 Å². The number of likely N-dealkylation sites (N-methyl/N-ethyl adjacent to an activating group) is 1. The molecule has 4 rings (SSSR count). The van der Waals surface area contributed by atoms with E-state index >= 15 is 0 Å². The molecule has 1 atom stereocenters. The molecule has 0 unspecified atom stereocenters. The maximum absolute atomic E-state index is 14.2. The Morgan fingerprint density at radius 2 is 2.23 bits per heavy atom. The lowest BCUT2D eigenvalue weighted by atomic mass is 10.1. The van der Waals surface area contributed by atoms with Crippen molar-refractivity contribution in [1.82, 2.24) is 24.8 Å². The molecule has 0 radical (unpaired) electrons. The molecule has 3 aromatic heterocycles. The van der Waals surface area contributed by atoms with E-state index < -0.39 is 11.9 Å². The number of rotatable bonds is 3. The number of aromatic amines is 1. The van der Waals surface area contributed by atoms with Crippen LogP contribution in [0.1, 0.15) is 12.8 Å². The number of nitrogens with zero attached hydrogens (tertiary/aromatic N) is 4. The summed E-state index contributed by atoms with van der Waals surface area (Å²) < 4.78 is 14.2. The second-order valence-corrected chi connectivity index (χ2v) is 6.68. The molecule has 2 N–H and O–H groups in total. The van der Waals surface area contributed by atoms with Gasteiger partial charge in [-0.15, -0.1) is 0 Å². The number of aromatic nitrogens is 4. The number of carbonyl (C=O) groups is 1. The minimum absolute atomic E-state index is 0.00740. The molecule has 1 aliphatic rings. The number of likely N-dealkylation sites (tertiary alicyclic amines) is 1. The Hall–Kier alpha value is -2.74. The Kier molecular flexibility index (Phi) is 4.20. The molecule has 0 aromatic carbocycles. The van der Waals surface area contributed by atoms with Crippen molar-refractivity contribution in [2.75, 3.05) is 18.9 Å². The molecule has 1 aliphatic heterocycles. The van der Waals surface area contributed by atoms with Crippen molar-refractivity contribution in [3.63, 3.8) is 0 Å². The summed E-state index contributed by atoms with van der Waals surface area (Å²) in [4.78, 5) is 29.4. The van der Waals surface area contributed by atoms with Crippen molar-refractivity contribution >= 4 is 34.4 Å². The summed E-state index contributed by atoms with van der Waals surface area (Å²) in [6.45, 7) is 0.706. The molecule has 1 fully saturated rings. The number of H-pyrrole nitrogens is 1. The minimum Gasteiger partial charge on any atom is -0.356 e. The monoisotopic (exact) mass is 374 g/mol. The molecule has 134 valence electrons. The van der Waals surface area contributed by atoms with Crippen molar-refractivity contribution in [1.29, 1.82) is 0 Å². The van der Waals surface area contributed by atoms with Gasteiger partial charge in [0.1, 0.15) is 11.7 Å². The summed E-state index contributed by atoms with van der Waals surface area (Å²) in [5.41, 5.74) is 1.29. The van der Waals surface area contributed by atoms with Crippen molar-refractivity contribution in [3.8, 4) is 11.4 Å². The largest absolute Gasteiger partial charge is 0.356 e. The molecule has 3 aromatic rings. The van der Waals surface area contributed by atoms with Gasteiger partial charge in [-0.25, -0.2) is 19.3 Å². The van der Waals surface area contributed by atoms with Crippen LogP contribution in [0.2, 0.25) is 5.02 Å². The first-order valence-corrected chi connectivity index (χ1v) is 8.58. The predicted molar refractivity (Wildman–Crippen MR) is 96.4 cm³/mol. The molecular weight excluding hydrogens is 359 g/mol. The highest BCUT2D eigenvalue weighted by Crippen LogP contribution is 2.28. The zero-order chi connectivity index (χ0) is 18.3. The van der Waals surface area contributed by atoms with Crippen molar-refractivity contribution in [3.05, 3.63) is 35.5 Å². The van der Waals surface area contributed by atoms with Gasteiger partial charge in [-0.05, 0) is 18.9 Å². The van der Waals surface area contributed by atoms with Crippen LogP contribution in [0.4, 0.5) is 10.2 Å². The maximum atomic E-state index is 14.2. The summed E-state index contributed by atoms with van der Waals surface area (Å²) in [5.74, 6) is -0.349. The average molecular weight is 375 g/mol. The number of pyridine rings is 1. The molecule has 9 heteroatoms. The highest BCUT2D eigenvalue weighted by atomic mass is 35.5. The number of nitrogens with one attached hydrogen (secondary N) is 2. The smallest absolute Gasteiger partial charge is 0.244 e. The third-order valence-corrected chi connectivity index (χ3v) is 4.66. The fraction of sp³-hybridized carbons (Fsp3) is 0.294. The quantitative estimate of drug-likeness (QED) is 0.736. The van der Waals surface area contributed by atoms with E-state index in [1.807, 2.05) is 0 Å². The lowest BCUT2D eigenvalue weighted by Crippen LogP contribution is -2.45. The standard InChI is InChI=1S/C17H16ClFN6O/c1-25-4-2-3-13(17(25)26)23-16-12(19)8-22-15(24-16)11-7-21-14-10(11)5-9(18)6-20-14/h5-8,13H,2-4H2,1H3,(H,20,21)(H,22,23,24)/t13-/m0/s1. The predicted octanol–water partition coefficient (Wildman–Crippen LogP) is 2.85. The molecule has 26 heavy (non-hydrogen) atoms. The average Bonchev–Trinajstić information content (AvgIpc) is 3.04. The summed E-state index contributed by atoms with van der Waals surface area (Å²) in [6, 6.07) is 1.25. The second-order valence-electron chi connectivity index (χ2n) is 6.24. The third-order valence-electron chi connectivity index (χ3n) is 4.45. The first kappa shape index (κ1) is 16.7. The number of anilines is 1. The molecule has 0 saturated carbocycles. The summed E-state index contributed by atoms with van der Waals surface area (Å²) in [6.07, 6.45) is 5.82. The fourth-order valence-corrected chi connectivity index (χ4v) is 3.25. The highest BCUT2D eigenvalue weighted by Gasteiger charge is 2.27. The van der Waals surface area contributed by atoms with E-state index in [2.05, 4.69) is 25.3 Å². The summed E-state index contributed by atoms with van der Waals surface area (Å²) in [7, 11) is 1.74. The Morgan fingerprint density at radius 1 is 1.38 bits per heavy atom. The van der Waals surface area contributed by atoms with Gasteiger partial charge < -0.3 is 15.2 Å². The van der Waals surface area contributed by atoms with Gasteiger partial charge in [0.2, 0.25) is 5.91 Å². The summed E-state index contributed by atoms with van der Waals surface area (Å²) >= 11 is 6.02. The van der Waals surface area contributed by atoms with Gasteiger partial charge >= 0.3 is 0 Å². The highest BCUT2D eigenvalue weighted by molar-refractivity contribution is 6.31. The van der Waals surface area contributed by atoms with Crippen LogP contribution >= 0.6 is 11.6 Å². The molecule has 1 saturated heterocycles. The molecule has 1 amide bonds.